The van der Waals surface area contributed by atoms with E-state index in [1.807, 2.05) is 0 Å². The van der Waals surface area contributed by atoms with Gasteiger partial charge in [-0.1, -0.05) is 22.0 Å². The Morgan fingerprint density at radius 2 is 1.91 bits per heavy atom. The van der Waals surface area contributed by atoms with E-state index in [-0.39, 0.29) is 17.8 Å². The first-order chi connectivity index (χ1) is 15.8. The monoisotopic (exact) mass is 524 g/mol. The van der Waals surface area contributed by atoms with Gasteiger partial charge in [0.2, 0.25) is 0 Å². The van der Waals surface area contributed by atoms with E-state index < -0.39 is 35.0 Å². The van der Waals surface area contributed by atoms with Crippen LogP contribution in [0.15, 0.2) is 40.9 Å². The van der Waals surface area contributed by atoms with Gasteiger partial charge in [-0.2, -0.15) is 0 Å². The fourth-order valence-corrected chi connectivity index (χ4v) is 4.36. The summed E-state index contributed by atoms with van der Waals surface area (Å²) in [7, 11) is 0. The predicted octanol–water partition coefficient (Wildman–Crippen LogP) is 2.76. The van der Waals surface area contributed by atoms with Gasteiger partial charge in [-0.25, -0.2) is 18.5 Å². The van der Waals surface area contributed by atoms with E-state index in [0.29, 0.717) is 35.6 Å². The van der Waals surface area contributed by atoms with Gasteiger partial charge >= 0.3 is 6.03 Å². The SMILES string of the molecule is O=C1Nc2ccc(Br)cc2C(O)(C(=O)NCCCN2CCOCC2)N1c1c(F)cccc1F. The molecule has 3 amide bonds. The third-order valence-electron chi connectivity index (χ3n) is 5.64. The Labute approximate surface area is 197 Å². The van der Waals surface area contributed by atoms with Crippen molar-refractivity contribution >= 4 is 39.2 Å². The Bertz CT molecular complexity index is 1050. The average molecular weight is 525 g/mol. The van der Waals surface area contributed by atoms with Crippen molar-refractivity contribution < 1.29 is 28.2 Å². The van der Waals surface area contributed by atoms with Gasteiger partial charge in [0, 0.05) is 29.7 Å². The van der Waals surface area contributed by atoms with Crippen molar-refractivity contribution in [3.05, 3.63) is 58.1 Å². The van der Waals surface area contributed by atoms with Crippen LogP contribution in [0.25, 0.3) is 0 Å². The molecular formula is C22H23BrF2N4O4. The zero-order chi connectivity index (χ0) is 23.6. The van der Waals surface area contributed by atoms with E-state index >= 15 is 0 Å². The van der Waals surface area contributed by atoms with E-state index in [1.165, 1.54) is 12.1 Å². The Balaban J connectivity index is 1.65. The molecule has 11 heteroatoms. The molecule has 3 N–H and O–H groups in total. The molecule has 1 fully saturated rings. The molecular weight excluding hydrogens is 502 g/mol. The third-order valence-corrected chi connectivity index (χ3v) is 6.14. The summed E-state index contributed by atoms with van der Waals surface area (Å²) in [6.45, 7) is 3.78. The number of ether oxygens (including phenoxy) is 1. The molecule has 2 aromatic carbocycles. The number of fused-ring (bicyclic) bond motifs is 1. The van der Waals surface area contributed by atoms with Gasteiger partial charge in [0.05, 0.1) is 18.9 Å². The molecule has 0 saturated carbocycles. The van der Waals surface area contributed by atoms with Crippen molar-refractivity contribution in [3.8, 4) is 0 Å². The van der Waals surface area contributed by atoms with Crippen molar-refractivity contribution in [2.45, 2.75) is 12.1 Å². The van der Waals surface area contributed by atoms with Crippen LogP contribution >= 0.6 is 15.9 Å². The number of nitrogens with one attached hydrogen (secondary N) is 2. The largest absolute Gasteiger partial charge is 0.379 e. The third kappa shape index (κ3) is 4.58. The van der Waals surface area contributed by atoms with Crippen LogP contribution in [0.4, 0.5) is 25.0 Å². The number of halogens is 3. The number of urea groups is 1. The molecule has 2 aliphatic rings. The lowest BCUT2D eigenvalue weighted by atomic mass is 9.94. The van der Waals surface area contributed by atoms with Gasteiger partial charge in [-0.3, -0.25) is 9.69 Å². The first-order valence-electron chi connectivity index (χ1n) is 10.5. The number of benzene rings is 2. The second-order valence-electron chi connectivity index (χ2n) is 7.76. The van der Waals surface area contributed by atoms with Gasteiger partial charge in [0.1, 0.15) is 17.3 Å². The minimum Gasteiger partial charge on any atom is -0.379 e. The van der Waals surface area contributed by atoms with Crippen molar-refractivity contribution in [1.82, 2.24) is 10.2 Å². The Kier molecular flexibility index (Phi) is 6.94. The van der Waals surface area contributed by atoms with Crippen molar-refractivity contribution in [3.63, 3.8) is 0 Å². The standard InChI is InChI=1S/C22H23BrF2N4O4/c23-14-5-6-18-15(13-14)22(32,20(30)26-7-2-8-28-9-11-33-12-10-28)29(21(31)27-18)19-16(24)3-1-4-17(19)25/h1,3-6,13,32H,2,7-12H2,(H,26,30)(H,27,31). The summed E-state index contributed by atoms with van der Waals surface area (Å²) in [5.74, 6) is -3.16. The fourth-order valence-electron chi connectivity index (χ4n) is 3.99. The topological polar surface area (TPSA) is 94.1 Å². The highest BCUT2D eigenvalue weighted by Gasteiger charge is 2.53. The number of para-hydroxylation sites is 1. The minimum absolute atomic E-state index is 0.0233. The lowest BCUT2D eigenvalue weighted by Gasteiger charge is -2.42. The Hall–Kier alpha value is -2.60. The molecule has 2 heterocycles. The van der Waals surface area contributed by atoms with Crippen molar-refractivity contribution in [2.24, 2.45) is 0 Å². The molecule has 8 nitrogen and oxygen atoms in total. The molecule has 176 valence electrons. The van der Waals surface area contributed by atoms with E-state index in [4.69, 9.17) is 4.74 Å². The summed E-state index contributed by atoms with van der Waals surface area (Å²) in [5.41, 5.74) is -3.39. The molecule has 0 radical (unpaired) electrons. The summed E-state index contributed by atoms with van der Waals surface area (Å²) in [4.78, 5) is 28.8. The van der Waals surface area contributed by atoms with E-state index in [2.05, 4.69) is 31.5 Å². The summed E-state index contributed by atoms with van der Waals surface area (Å²) in [5, 5.41) is 16.8. The highest BCUT2D eigenvalue weighted by molar-refractivity contribution is 9.10. The second kappa shape index (κ2) is 9.72. The number of carbonyl (C=O) groups is 2. The Morgan fingerprint density at radius 1 is 1.21 bits per heavy atom. The molecule has 33 heavy (non-hydrogen) atoms. The molecule has 4 rings (SSSR count). The number of morpholine rings is 1. The molecule has 2 aliphatic heterocycles. The van der Waals surface area contributed by atoms with Gasteiger partial charge in [-0.15, -0.1) is 0 Å². The molecule has 1 unspecified atom stereocenters. The number of hydrogen-bond donors (Lipinski definition) is 3. The van der Waals surface area contributed by atoms with Crippen LogP contribution < -0.4 is 15.5 Å². The second-order valence-corrected chi connectivity index (χ2v) is 8.68. The van der Waals surface area contributed by atoms with Crippen LogP contribution in [0.2, 0.25) is 0 Å². The lowest BCUT2D eigenvalue weighted by molar-refractivity contribution is -0.140. The number of anilines is 2. The lowest BCUT2D eigenvalue weighted by Crippen LogP contribution is -2.63. The number of aliphatic hydroxyl groups is 1. The van der Waals surface area contributed by atoms with E-state index in [9.17, 15) is 23.5 Å². The number of amides is 3. The fraction of sp³-hybridized carbons (Fsp3) is 0.364. The van der Waals surface area contributed by atoms with Gasteiger partial charge in [0.25, 0.3) is 11.6 Å². The molecule has 1 saturated heterocycles. The van der Waals surface area contributed by atoms with Crippen LogP contribution in [0.1, 0.15) is 12.0 Å². The van der Waals surface area contributed by atoms with Gasteiger partial charge < -0.3 is 20.5 Å². The molecule has 2 aromatic rings. The summed E-state index contributed by atoms with van der Waals surface area (Å²) in [6.07, 6.45) is 0.577. The predicted molar refractivity (Wildman–Crippen MR) is 121 cm³/mol. The maximum Gasteiger partial charge on any atom is 0.329 e. The van der Waals surface area contributed by atoms with E-state index in [0.717, 1.165) is 31.3 Å². The zero-order valence-corrected chi connectivity index (χ0v) is 19.2. The number of carbonyl (C=O) groups excluding carboxylic acids is 2. The van der Waals surface area contributed by atoms with Crippen LogP contribution in [-0.4, -0.2) is 61.3 Å². The highest BCUT2D eigenvalue weighted by atomic mass is 79.9. The average Bonchev–Trinajstić information content (AvgIpc) is 2.79. The molecule has 0 bridgehead atoms. The number of hydrogen-bond acceptors (Lipinski definition) is 5. The van der Waals surface area contributed by atoms with Gasteiger partial charge in [-0.05, 0) is 43.3 Å². The Morgan fingerprint density at radius 3 is 2.61 bits per heavy atom. The number of rotatable bonds is 6. The smallest absolute Gasteiger partial charge is 0.329 e. The maximum absolute atomic E-state index is 14.7. The minimum atomic E-state index is -2.69. The summed E-state index contributed by atoms with van der Waals surface area (Å²) >= 11 is 3.28. The molecule has 0 spiro atoms. The van der Waals surface area contributed by atoms with Crippen LogP contribution in [0, 0.1) is 11.6 Å². The van der Waals surface area contributed by atoms with Gasteiger partial charge in [0.15, 0.2) is 0 Å². The normalized spacial score (nSPS) is 20.8. The molecule has 0 aromatic heterocycles. The van der Waals surface area contributed by atoms with Crippen LogP contribution in [0.3, 0.4) is 0 Å². The quantitative estimate of drug-likeness (QED) is 0.505. The molecule has 0 aliphatic carbocycles. The first-order valence-corrected chi connectivity index (χ1v) is 11.3. The highest BCUT2D eigenvalue weighted by Crippen LogP contribution is 2.42. The first kappa shape index (κ1) is 23.6. The van der Waals surface area contributed by atoms with Crippen molar-refractivity contribution in [1.29, 1.82) is 0 Å². The maximum atomic E-state index is 14.7. The van der Waals surface area contributed by atoms with E-state index in [1.54, 1.807) is 6.07 Å². The number of nitrogens with zero attached hydrogens (tertiary/aromatic N) is 2. The summed E-state index contributed by atoms with van der Waals surface area (Å²) in [6, 6.07) is 6.51. The van der Waals surface area contributed by atoms with Crippen LogP contribution in [0.5, 0.6) is 0 Å². The zero-order valence-electron chi connectivity index (χ0n) is 17.6. The van der Waals surface area contributed by atoms with Crippen LogP contribution in [-0.2, 0) is 15.3 Å². The summed E-state index contributed by atoms with van der Waals surface area (Å²) < 4.78 is 35.1. The molecule has 1 atom stereocenters. The van der Waals surface area contributed by atoms with Crippen molar-refractivity contribution in [2.75, 3.05) is 49.6 Å².